The molecule has 0 amide bonds. The molecule has 0 unspecified atom stereocenters. The molecule has 6 saturated carbocycles. The van der Waals surface area contributed by atoms with Gasteiger partial charge in [-0.25, -0.2) is 0 Å². The third kappa shape index (κ3) is 10.3. The van der Waals surface area contributed by atoms with Crippen LogP contribution >= 0.6 is 0 Å². The molecule has 15 nitrogen and oxygen atoms in total. The second-order valence-electron chi connectivity index (χ2n) is 38.0. The van der Waals surface area contributed by atoms with E-state index in [1.54, 1.807) is 0 Å². The quantitative estimate of drug-likeness (QED) is 0.117. The van der Waals surface area contributed by atoms with E-state index >= 15 is 0 Å². The Balaban J connectivity index is 0.000000105. The first-order valence-corrected chi connectivity index (χ1v) is 41.9. The number of aliphatic hydroxyl groups excluding tert-OH is 2. The molecule has 5 saturated heterocycles. The van der Waals surface area contributed by atoms with Crippen molar-refractivity contribution in [3.05, 3.63) is 197 Å². The molecule has 15 heteroatoms. The van der Waals surface area contributed by atoms with Crippen LogP contribution in [0.25, 0.3) is 32.3 Å². The number of benzene rings is 3. The number of rotatable bonds is 7. The van der Waals surface area contributed by atoms with Crippen LogP contribution in [0, 0.1) is 34.0 Å². The third-order valence-electron chi connectivity index (χ3n) is 33.2. The summed E-state index contributed by atoms with van der Waals surface area (Å²) in [5.41, 5.74) is 11.7. The van der Waals surface area contributed by atoms with E-state index in [1.165, 1.54) is 121 Å². The molecule has 566 valence electrons. The van der Waals surface area contributed by atoms with E-state index in [4.69, 9.17) is 14.2 Å². The molecule has 11 heterocycles. The molecule has 3 aromatic carbocycles. The van der Waals surface area contributed by atoms with Gasteiger partial charge in [0.05, 0.1) is 45.8 Å². The number of hydrogen-bond acceptors (Lipinski definition) is 13. The van der Waals surface area contributed by atoms with Crippen LogP contribution in [0.4, 0.5) is 0 Å². The average Bonchev–Trinajstić information content (AvgIpc) is 1.54. The smallest absolute Gasteiger partial charge is 0.321 e. The fraction of sp³-hybridized carbons (Fsp3) is 0.553. The molecule has 21 atom stereocenters. The van der Waals surface area contributed by atoms with Crippen molar-refractivity contribution >= 4 is 50.0 Å². The zero-order valence-electron chi connectivity index (χ0n) is 63.6. The second kappa shape index (κ2) is 24.8. The van der Waals surface area contributed by atoms with Crippen LogP contribution in [0.3, 0.4) is 0 Å². The first-order valence-electron chi connectivity index (χ1n) is 41.9. The summed E-state index contributed by atoms with van der Waals surface area (Å²) in [6.45, 7) is 8.42. The van der Waals surface area contributed by atoms with Gasteiger partial charge in [0.2, 0.25) is 0 Å². The average molecular weight is 1460 g/mol. The van der Waals surface area contributed by atoms with Crippen molar-refractivity contribution in [2.75, 3.05) is 13.1 Å². The molecule has 8 aliphatic heterocycles. The van der Waals surface area contributed by atoms with Crippen LogP contribution in [0.15, 0.2) is 180 Å². The normalized spacial score (nSPS) is 42.3. The maximum absolute atomic E-state index is 12.4. The maximum atomic E-state index is 12.4. The summed E-state index contributed by atoms with van der Waals surface area (Å²) in [4.78, 5) is 53.6. The Hall–Kier alpha value is -7.34. The number of aromatic nitrogens is 3. The van der Waals surface area contributed by atoms with Gasteiger partial charge in [-0.2, -0.15) is 0 Å². The van der Waals surface area contributed by atoms with Gasteiger partial charge < -0.3 is 34.6 Å². The standard InChI is InChI=1S/2C33H38N2O4.C28H29NO2/c2*1-31-10-8-24-15-23-4-5-25(35-19-26(36)16-28(35)30(37)38)17-32(23)11-12-33(24,39-32)29(31)7-6-27(31)21-3-2-20-9-13-34-18-22(20)14-21;1-26-10-8-22-15-21-4-5-23(30)16-27(21)11-12-28(22,31-27)25(26)7-6-24(26)19-3-2-18-9-13-29-17-20(18)14-19/h2*2-3,8-9,13-15,18,25-29,36H,4-7,10-12,16-17,19H2,1H3,(H,37,38);2-3,8-9,13-15,17,24-25H,4-7,10-12,16H2,1H3/t2*25-,26+,27+,28-,29+,31+,32+,33+;24-,25-,26-,27-,28-/m001/s1. The van der Waals surface area contributed by atoms with Crippen LogP contribution in [0.2, 0.25) is 0 Å². The predicted molar refractivity (Wildman–Crippen MR) is 417 cm³/mol. The minimum atomic E-state index is -0.812. The van der Waals surface area contributed by atoms with Crippen molar-refractivity contribution < 1.29 is 49.0 Å². The predicted octanol–water partition coefficient (Wildman–Crippen LogP) is 16.8. The lowest BCUT2D eigenvalue weighted by Gasteiger charge is -2.55. The number of ketones is 1. The van der Waals surface area contributed by atoms with E-state index in [2.05, 4.69) is 155 Å². The van der Waals surface area contributed by atoms with E-state index in [0.29, 0.717) is 80.1 Å². The van der Waals surface area contributed by atoms with Crippen molar-refractivity contribution in [1.29, 1.82) is 0 Å². The first kappa shape index (κ1) is 69.6. The summed E-state index contributed by atoms with van der Waals surface area (Å²) in [5.74, 6) is 1.73. The van der Waals surface area contributed by atoms with Gasteiger partial charge in [-0.15, -0.1) is 0 Å². The Morgan fingerprint density at radius 1 is 0.440 bits per heavy atom. The highest BCUT2D eigenvalue weighted by Gasteiger charge is 2.71. The van der Waals surface area contributed by atoms with E-state index in [1.807, 2.05) is 37.2 Å². The number of aliphatic carboxylic acids is 2. The van der Waals surface area contributed by atoms with E-state index in [-0.39, 0.29) is 61.9 Å². The summed E-state index contributed by atoms with van der Waals surface area (Å²) >= 11 is 0. The van der Waals surface area contributed by atoms with Gasteiger partial charge in [0.15, 0.2) is 0 Å². The first-order chi connectivity index (χ1) is 52.6. The van der Waals surface area contributed by atoms with Gasteiger partial charge >= 0.3 is 11.9 Å². The summed E-state index contributed by atoms with van der Waals surface area (Å²) in [6, 6.07) is 26.2. The lowest BCUT2D eigenvalue weighted by atomic mass is 9.58. The molecule has 17 aliphatic rings. The SMILES string of the molecule is C[C@]12CC=C3C=C4CCC(=O)C[C@]45CC[C@]3(O5)[C@@H]1CC[C@@H]2c1ccc2ccncc2c1.C[C@]12CC=C3C=C4CC[C@H](N5C[C@H](O)C[C@H]5C(=O)O)C[C@]45CC[C@]3(O5)[C@@H]1CC[C@@H]2c1ccc2ccncc2c1.C[C@]12CC=C3C=C4CC[C@H](N5C[C@H](O)C[C@H]5C(=O)O)C[C@]45CC[C@]3(O5)[C@@H]1CC[C@@H]2c1ccc2ccncc2c1. The Kier molecular flexibility index (Phi) is 15.9. The van der Waals surface area contributed by atoms with Crippen molar-refractivity contribution in [1.82, 2.24) is 24.8 Å². The molecule has 9 aliphatic carbocycles. The van der Waals surface area contributed by atoms with Crippen molar-refractivity contribution in [3.63, 3.8) is 0 Å². The molecule has 11 fully saturated rings. The number of nitrogens with zero attached hydrogens (tertiary/aromatic N) is 5. The van der Waals surface area contributed by atoms with Crippen LogP contribution in [-0.2, 0) is 28.6 Å². The molecule has 6 bridgehead atoms. The molecular formula is C94H105N5O10. The largest absolute Gasteiger partial charge is 0.480 e. The highest BCUT2D eigenvalue weighted by Crippen LogP contribution is 2.73. The lowest BCUT2D eigenvalue weighted by Crippen LogP contribution is -2.56. The number of carboxylic acid groups (broad SMARTS) is 2. The van der Waals surface area contributed by atoms with Crippen LogP contribution in [0.5, 0.6) is 0 Å². The number of carbonyl (C=O) groups is 3. The van der Waals surface area contributed by atoms with Crippen molar-refractivity contribution in [3.8, 4) is 0 Å². The zero-order chi connectivity index (χ0) is 74.0. The van der Waals surface area contributed by atoms with Gasteiger partial charge in [-0.3, -0.25) is 39.1 Å². The van der Waals surface area contributed by atoms with E-state index < -0.39 is 36.2 Å². The summed E-state index contributed by atoms with van der Waals surface area (Å²) < 4.78 is 22.0. The number of ether oxygens (including phenoxy) is 3. The van der Waals surface area contributed by atoms with Gasteiger partial charge in [0.25, 0.3) is 0 Å². The number of fused-ring (bicyclic) bond motifs is 6. The second-order valence-corrected chi connectivity index (χ2v) is 38.0. The molecule has 3 aromatic heterocycles. The topological polar surface area (TPSA) is 205 Å². The number of carbonyl (C=O) groups excluding carboxylic acids is 1. The summed E-state index contributed by atoms with van der Waals surface area (Å²) in [6.07, 6.45) is 50.3. The van der Waals surface area contributed by atoms with Gasteiger partial charge in [-0.05, 0) is 296 Å². The number of carboxylic acids is 2. The monoisotopic (exact) mass is 1460 g/mol. The fourth-order valence-corrected chi connectivity index (χ4v) is 28.1. The fourth-order valence-electron chi connectivity index (χ4n) is 28.1. The number of Topliss-reactive ketones (excluding diaryl/α,β-unsaturated/α-hetero) is 1. The third-order valence-corrected chi connectivity index (χ3v) is 33.2. The van der Waals surface area contributed by atoms with Crippen LogP contribution in [-0.4, -0.2) is 146 Å². The molecule has 0 radical (unpaired) electrons. The zero-order valence-corrected chi connectivity index (χ0v) is 63.6. The van der Waals surface area contributed by atoms with Crippen molar-refractivity contribution in [2.24, 2.45) is 34.0 Å². The molecule has 4 N–H and O–H groups in total. The minimum absolute atomic E-state index is 0.137. The highest BCUT2D eigenvalue weighted by molar-refractivity contribution is 5.85. The van der Waals surface area contributed by atoms with Crippen molar-refractivity contribution in [2.45, 2.75) is 275 Å². The summed E-state index contributed by atoms with van der Waals surface area (Å²) in [5, 5.41) is 47.7. The van der Waals surface area contributed by atoms with E-state index in [9.17, 15) is 34.8 Å². The Morgan fingerprint density at radius 3 is 1.19 bits per heavy atom. The number of aliphatic hydroxyl groups is 2. The van der Waals surface area contributed by atoms with E-state index in [0.717, 1.165) is 103 Å². The molecule has 23 rings (SSSR count). The Labute approximate surface area is 639 Å². The van der Waals surface area contributed by atoms with Gasteiger partial charge in [0, 0.05) is 104 Å². The Morgan fingerprint density at radius 2 is 0.807 bits per heavy atom. The molecular weight excluding hydrogens is 1360 g/mol. The minimum Gasteiger partial charge on any atom is -0.480 e. The molecule has 109 heavy (non-hydrogen) atoms. The summed E-state index contributed by atoms with van der Waals surface area (Å²) in [7, 11) is 0. The van der Waals surface area contributed by atoms with Gasteiger partial charge in [0.1, 0.15) is 17.9 Å². The Bertz CT molecular complexity index is 4820. The molecule has 6 aromatic rings. The number of likely N-dealkylation sites (tertiary alicyclic amines) is 2. The number of allylic oxidation sites excluding steroid dienone is 3. The lowest BCUT2D eigenvalue weighted by molar-refractivity contribution is -0.150. The highest BCUT2D eigenvalue weighted by atomic mass is 16.5. The molecule has 6 spiro atoms. The maximum Gasteiger partial charge on any atom is 0.321 e. The number of pyridine rings is 3. The number of hydrogen-bond donors (Lipinski definition) is 4. The van der Waals surface area contributed by atoms with Crippen LogP contribution < -0.4 is 0 Å². The number of β-amino-alcohol motifs (C(OH)–C–C–N with tert-alkyl or cyclic N) is 2. The van der Waals surface area contributed by atoms with Crippen LogP contribution in [0.1, 0.15) is 222 Å². The van der Waals surface area contributed by atoms with Gasteiger partial charge in [-0.1, -0.05) is 93.6 Å².